The zero-order valence-electron chi connectivity index (χ0n) is 14.2. The summed E-state index contributed by atoms with van der Waals surface area (Å²) in [7, 11) is 4.50. The summed E-state index contributed by atoms with van der Waals surface area (Å²) in [6.07, 6.45) is 0.522. The Morgan fingerprint density at radius 3 is 2.04 bits per heavy atom. The maximum atomic E-state index is 12.4. The van der Waals surface area contributed by atoms with E-state index in [9.17, 15) is 4.79 Å². The Hall–Kier alpha value is -2.11. The molecule has 0 bridgehead atoms. The first-order valence-electron chi connectivity index (χ1n) is 7.53. The van der Waals surface area contributed by atoms with Crippen molar-refractivity contribution >= 4 is 29.1 Å². The number of rotatable bonds is 7. The Balaban J connectivity index is 2.11. The number of halogens is 2. The summed E-state index contributed by atoms with van der Waals surface area (Å²) in [5, 5.41) is 3.99. The molecule has 2 aromatic carbocycles. The van der Waals surface area contributed by atoms with Gasteiger partial charge in [-0.05, 0) is 36.2 Å². The van der Waals surface area contributed by atoms with E-state index in [1.807, 2.05) is 0 Å². The first-order chi connectivity index (χ1) is 12.0. The molecule has 0 unspecified atom stereocenters. The number of carbonyl (C=O) groups is 1. The standard InChI is InChI=1S/C18H19Cl2NO4/c1-23-15-9-11(10-16(24-2)17(15)25-3)18(22)21-8-7-12-13(19)5-4-6-14(12)20/h4-6,9-10H,7-8H2,1-3H3,(H,21,22). The van der Waals surface area contributed by atoms with Crippen molar-refractivity contribution in [2.45, 2.75) is 6.42 Å². The van der Waals surface area contributed by atoms with Gasteiger partial charge in [-0.25, -0.2) is 0 Å². The zero-order chi connectivity index (χ0) is 18.4. The Labute approximate surface area is 156 Å². The van der Waals surface area contributed by atoms with Gasteiger partial charge in [-0.2, -0.15) is 0 Å². The normalized spacial score (nSPS) is 10.3. The molecule has 0 spiro atoms. The van der Waals surface area contributed by atoms with Crippen LogP contribution >= 0.6 is 23.2 Å². The quantitative estimate of drug-likeness (QED) is 0.784. The van der Waals surface area contributed by atoms with E-state index in [0.717, 1.165) is 5.56 Å². The van der Waals surface area contributed by atoms with E-state index in [2.05, 4.69) is 5.32 Å². The third-order valence-electron chi connectivity index (χ3n) is 3.65. The fraction of sp³-hybridized carbons (Fsp3) is 0.278. The van der Waals surface area contributed by atoms with Gasteiger partial charge in [-0.3, -0.25) is 4.79 Å². The second-order valence-corrected chi connectivity index (χ2v) is 5.93. The highest BCUT2D eigenvalue weighted by Crippen LogP contribution is 2.38. The summed E-state index contributed by atoms with van der Waals surface area (Å²) in [5.41, 5.74) is 1.20. The van der Waals surface area contributed by atoms with Gasteiger partial charge in [0.15, 0.2) is 11.5 Å². The number of amides is 1. The van der Waals surface area contributed by atoms with Crippen molar-refractivity contribution in [3.8, 4) is 17.2 Å². The largest absolute Gasteiger partial charge is 0.493 e. The van der Waals surface area contributed by atoms with Crippen molar-refractivity contribution in [1.29, 1.82) is 0 Å². The van der Waals surface area contributed by atoms with E-state index < -0.39 is 0 Å². The lowest BCUT2D eigenvalue weighted by molar-refractivity contribution is 0.0953. The highest BCUT2D eigenvalue weighted by atomic mass is 35.5. The topological polar surface area (TPSA) is 56.8 Å². The molecule has 5 nitrogen and oxygen atoms in total. The van der Waals surface area contributed by atoms with Crippen LogP contribution in [0.4, 0.5) is 0 Å². The molecule has 0 aliphatic heterocycles. The first-order valence-corrected chi connectivity index (χ1v) is 8.28. The van der Waals surface area contributed by atoms with Crippen molar-refractivity contribution in [3.05, 3.63) is 51.5 Å². The number of hydrogen-bond donors (Lipinski definition) is 1. The summed E-state index contributed by atoms with van der Waals surface area (Å²) in [6.45, 7) is 0.388. The molecule has 7 heteroatoms. The van der Waals surface area contributed by atoms with Gasteiger partial charge in [0.25, 0.3) is 5.91 Å². The molecule has 1 N–H and O–H groups in total. The van der Waals surface area contributed by atoms with E-state index in [0.29, 0.717) is 45.8 Å². The van der Waals surface area contributed by atoms with Gasteiger partial charge in [-0.1, -0.05) is 29.3 Å². The lowest BCUT2D eigenvalue weighted by Gasteiger charge is -2.14. The van der Waals surface area contributed by atoms with Crippen molar-refractivity contribution in [2.75, 3.05) is 27.9 Å². The predicted molar refractivity (Wildman–Crippen MR) is 98.6 cm³/mol. The lowest BCUT2D eigenvalue weighted by atomic mass is 10.1. The van der Waals surface area contributed by atoms with Gasteiger partial charge in [0.1, 0.15) is 0 Å². The minimum atomic E-state index is -0.262. The smallest absolute Gasteiger partial charge is 0.251 e. The van der Waals surface area contributed by atoms with Crippen LogP contribution in [0.3, 0.4) is 0 Å². The van der Waals surface area contributed by atoms with Crippen molar-refractivity contribution < 1.29 is 19.0 Å². The number of methoxy groups -OCH3 is 3. The molecular formula is C18H19Cl2NO4. The number of ether oxygens (including phenoxy) is 3. The summed E-state index contributed by atoms with van der Waals surface area (Å²) in [4.78, 5) is 12.4. The zero-order valence-corrected chi connectivity index (χ0v) is 15.7. The van der Waals surface area contributed by atoms with Gasteiger partial charge in [0.2, 0.25) is 5.75 Å². The molecule has 0 saturated heterocycles. The minimum Gasteiger partial charge on any atom is -0.493 e. The summed E-state index contributed by atoms with van der Waals surface area (Å²) in [6, 6.07) is 8.51. The van der Waals surface area contributed by atoms with E-state index >= 15 is 0 Å². The molecule has 2 aromatic rings. The van der Waals surface area contributed by atoms with Gasteiger partial charge in [0, 0.05) is 22.2 Å². The molecule has 0 aromatic heterocycles. The van der Waals surface area contributed by atoms with Gasteiger partial charge < -0.3 is 19.5 Å². The molecule has 0 radical (unpaired) electrons. The summed E-state index contributed by atoms with van der Waals surface area (Å²) >= 11 is 12.3. The molecular weight excluding hydrogens is 365 g/mol. The van der Waals surface area contributed by atoms with E-state index in [1.54, 1.807) is 30.3 Å². The van der Waals surface area contributed by atoms with Crippen LogP contribution in [0.15, 0.2) is 30.3 Å². The summed E-state index contributed by atoms with van der Waals surface area (Å²) < 4.78 is 15.8. The van der Waals surface area contributed by atoms with Crippen LogP contribution in [0.2, 0.25) is 10.0 Å². The molecule has 0 saturated carbocycles. The predicted octanol–water partition coefficient (Wildman–Crippen LogP) is 3.99. The van der Waals surface area contributed by atoms with Crippen LogP contribution in [-0.2, 0) is 6.42 Å². The molecule has 25 heavy (non-hydrogen) atoms. The average Bonchev–Trinajstić information content (AvgIpc) is 2.62. The maximum Gasteiger partial charge on any atom is 0.251 e. The molecule has 0 atom stereocenters. The molecule has 1 amide bonds. The van der Waals surface area contributed by atoms with E-state index in [1.165, 1.54) is 21.3 Å². The SMILES string of the molecule is COc1cc(C(=O)NCCc2c(Cl)cccc2Cl)cc(OC)c1OC. The fourth-order valence-electron chi connectivity index (χ4n) is 2.39. The highest BCUT2D eigenvalue weighted by Gasteiger charge is 2.17. The number of carbonyl (C=O) groups excluding carboxylic acids is 1. The maximum absolute atomic E-state index is 12.4. The third kappa shape index (κ3) is 4.50. The molecule has 2 rings (SSSR count). The third-order valence-corrected chi connectivity index (χ3v) is 4.36. The first kappa shape index (κ1) is 19.2. The minimum absolute atomic E-state index is 0.262. The van der Waals surface area contributed by atoms with Crippen molar-refractivity contribution in [2.24, 2.45) is 0 Å². The Bertz CT molecular complexity index is 719. The monoisotopic (exact) mass is 383 g/mol. The number of benzene rings is 2. The van der Waals surface area contributed by atoms with Crippen LogP contribution in [0, 0.1) is 0 Å². The molecule has 0 aliphatic carbocycles. The molecule has 0 aliphatic rings. The van der Waals surface area contributed by atoms with E-state index in [-0.39, 0.29) is 5.91 Å². The average molecular weight is 384 g/mol. The van der Waals surface area contributed by atoms with Crippen LogP contribution in [0.25, 0.3) is 0 Å². The fourth-order valence-corrected chi connectivity index (χ4v) is 2.97. The number of hydrogen-bond acceptors (Lipinski definition) is 4. The lowest BCUT2D eigenvalue weighted by Crippen LogP contribution is -2.26. The van der Waals surface area contributed by atoms with E-state index in [4.69, 9.17) is 37.4 Å². The van der Waals surface area contributed by atoms with Crippen molar-refractivity contribution in [1.82, 2.24) is 5.32 Å². The number of nitrogens with one attached hydrogen (secondary N) is 1. The molecule has 0 fully saturated rings. The molecule has 134 valence electrons. The van der Waals surface area contributed by atoms with Gasteiger partial charge >= 0.3 is 0 Å². The van der Waals surface area contributed by atoms with Gasteiger partial charge in [0.05, 0.1) is 21.3 Å². The van der Waals surface area contributed by atoms with Crippen LogP contribution in [0.1, 0.15) is 15.9 Å². The second kappa shape index (κ2) is 8.83. The van der Waals surface area contributed by atoms with Crippen LogP contribution in [-0.4, -0.2) is 33.8 Å². The van der Waals surface area contributed by atoms with Crippen LogP contribution in [0.5, 0.6) is 17.2 Å². The van der Waals surface area contributed by atoms with Crippen molar-refractivity contribution in [3.63, 3.8) is 0 Å². The second-order valence-electron chi connectivity index (χ2n) is 5.12. The summed E-state index contributed by atoms with van der Waals surface area (Å²) in [5.74, 6) is 1.01. The van der Waals surface area contributed by atoms with Crippen LogP contribution < -0.4 is 19.5 Å². The Kier molecular flexibility index (Phi) is 6.79. The van der Waals surface area contributed by atoms with Gasteiger partial charge in [-0.15, -0.1) is 0 Å². The Morgan fingerprint density at radius 1 is 1.00 bits per heavy atom. The Morgan fingerprint density at radius 2 is 1.56 bits per heavy atom. The highest BCUT2D eigenvalue weighted by molar-refractivity contribution is 6.36. The molecule has 0 heterocycles.